The quantitative estimate of drug-likeness (QED) is 0.838. The molecule has 0 spiro atoms. The largest absolute Gasteiger partial charge is 0.361 e. The van der Waals surface area contributed by atoms with E-state index in [0.717, 1.165) is 67.3 Å². The molecule has 25 heavy (non-hydrogen) atoms. The van der Waals surface area contributed by atoms with Crippen molar-refractivity contribution in [2.75, 3.05) is 26.2 Å². The maximum absolute atomic E-state index is 12.9. The zero-order chi connectivity index (χ0) is 18.0. The van der Waals surface area contributed by atoms with Crippen molar-refractivity contribution in [1.82, 2.24) is 15.0 Å². The van der Waals surface area contributed by atoms with E-state index in [-0.39, 0.29) is 5.91 Å². The van der Waals surface area contributed by atoms with Gasteiger partial charge in [-0.1, -0.05) is 16.8 Å². The molecule has 1 aliphatic heterocycles. The molecule has 0 saturated carbocycles. The van der Waals surface area contributed by atoms with Crippen LogP contribution in [-0.2, 0) is 6.54 Å². The molecule has 1 aromatic heterocycles. The number of hydrogen-bond acceptors (Lipinski definition) is 4. The van der Waals surface area contributed by atoms with E-state index in [1.165, 1.54) is 0 Å². The van der Waals surface area contributed by atoms with E-state index in [0.29, 0.717) is 5.02 Å². The van der Waals surface area contributed by atoms with Crippen LogP contribution >= 0.6 is 11.6 Å². The van der Waals surface area contributed by atoms with Crippen molar-refractivity contribution in [3.8, 4) is 0 Å². The summed E-state index contributed by atoms with van der Waals surface area (Å²) < 4.78 is 5.26. The lowest BCUT2D eigenvalue weighted by atomic mass is 10.1. The first kappa shape index (κ1) is 18.0. The molecule has 5 nitrogen and oxygen atoms in total. The van der Waals surface area contributed by atoms with Crippen LogP contribution in [0.25, 0.3) is 0 Å². The first-order valence-corrected chi connectivity index (χ1v) is 9.03. The Balaban J connectivity index is 1.66. The summed E-state index contributed by atoms with van der Waals surface area (Å²) in [5, 5.41) is 4.69. The smallest absolute Gasteiger partial charge is 0.254 e. The summed E-state index contributed by atoms with van der Waals surface area (Å²) >= 11 is 6.00. The van der Waals surface area contributed by atoms with Crippen LogP contribution in [0.15, 0.2) is 22.7 Å². The number of aromatic nitrogens is 1. The Morgan fingerprint density at radius 3 is 2.68 bits per heavy atom. The van der Waals surface area contributed by atoms with E-state index in [4.69, 9.17) is 16.1 Å². The molecule has 1 saturated heterocycles. The van der Waals surface area contributed by atoms with E-state index in [1.54, 1.807) is 6.07 Å². The normalized spacial score (nSPS) is 16.1. The highest BCUT2D eigenvalue weighted by Crippen LogP contribution is 2.19. The molecular weight excluding hydrogens is 338 g/mol. The minimum atomic E-state index is 0.0911. The molecule has 2 aromatic rings. The number of carbonyl (C=O) groups excluding carboxylic acids is 1. The molecule has 0 radical (unpaired) electrons. The molecule has 0 N–H and O–H groups in total. The summed E-state index contributed by atoms with van der Waals surface area (Å²) in [5.41, 5.74) is 3.78. The summed E-state index contributed by atoms with van der Waals surface area (Å²) in [5.74, 6) is 0.972. The van der Waals surface area contributed by atoms with Gasteiger partial charge in [0.2, 0.25) is 0 Å². The third-order valence-corrected chi connectivity index (χ3v) is 5.09. The monoisotopic (exact) mass is 361 g/mol. The van der Waals surface area contributed by atoms with Gasteiger partial charge in [-0.3, -0.25) is 9.69 Å². The number of nitrogens with zero attached hydrogens (tertiary/aromatic N) is 3. The van der Waals surface area contributed by atoms with Crippen LogP contribution < -0.4 is 0 Å². The van der Waals surface area contributed by atoms with E-state index in [9.17, 15) is 4.79 Å². The molecule has 0 atom stereocenters. The third-order valence-electron chi connectivity index (χ3n) is 4.86. The zero-order valence-electron chi connectivity index (χ0n) is 15.0. The highest BCUT2D eigenvalue weighted by Gasteiger charge is 2.22. The highest BCUT2D eigenvalue weighted by molar-refractivity contribution is 6.30. The van der Waals surface area contributed by atoms with Crippen molar-refractivity contribution in [1.29, 1.82) is 0 Å². The Labute approximate surface area is 153 Å². The van der Waals surface area contributed by atoms with E-state index in [2.05, 4.69) is 10.1 Å². The predicted molar refractivity (Wildman–Crippen MR) is 98.0 cm³/mol. The zero-order valence-corrected chi connectivity index (χ0v) is 15.8. The molecular formula is C19H24ClN3O2. The number of aryl methyl sites for hydroxylation is 3. The first-order valence-electron chi connectivity index (χ1n) is 8.65. The van der Waals surface area contributed by atoms with Crippen LogP contribution in [0.4, 0.5) is 0 Å². The fourth-order valence-electron chi connectivity index (χ4n) is 3.32. The van der Waals surface area contributed by atoms with Crippen molar-refractivity contribution in [3.63, 3.8) is 0 Å². The van der Waals surface area contributed by atoms with Crippen LogP contribution in [0.1, 0.15) is 39.4 Å². The van der Waals surface area contributed by atoms with Crippen LogP contribution in [0.5, 0.6) is 0 Å². The molecule has 1 fully saturated rings. The van der Waals surface area contributed by atoms with Crippen LogP contribution in [0, 0.1) is 20.8 Å². The van der Waals surface area contributed by atoms with Gasteiger partial charge in [0.05, 0.1) is 5.69 Å². The fraction of sp³-hybridized carbons (Fsp3) is 0.474. The number of amides is 1. The Kier molecular flexibility index (Phi) is 5.45. The Morgan fingerprint density at radius 2 is 2.00 bits per heavy atom. The van der Waals surface area contributed by atoms with Crippen molar-refractivity contribution >= 4 is 17.5 Å². The highest BCUT2D eigenvalue weighted by atomic mass is 35.5. The topological polar surface area (TPSA) is 49.6 Å². The lowest BCUT2D eigenvalue weighted by molar-refractivity contribution is 0.0760. The molecule has 0 aliphatic carbocycles. The van der Waals surface area contributed by atoms with Gasteiger partial charge in [0, 0.05) is 48.9 Å². The molecule has 1 aromatic carbocycles. The minimum absolute atomic E-state index is 0.0911. The molecule has 134 valence electrons. The second-order valence-electron chi connectivity index (χ2n) is 6.68. The SMILES string of the molecule is Cc1cc(Cl)ccc1C(=O)N1CCCN(Cc2c(C)noc2C)CC1. The van der Waals surface area contributed by atoms with Crippen molar-refractivity contribution in [2.45, 2.75) is 33.7 Å². The second-order valence-corrected chi connectivity index (χ2v) is 7.12. The third kappa shape index (κ3) is 4.05. The van der Waals surface area contributed by atoms with Gasteiger partial charge < -0.3 is 9.42 Å². The van der Waals surface area contributed by atoms with Crippen molar-refractivity contribution in [2.24, 2.45) is 0 Å². The van der Waals surface area contributed by atoms with Crippen LogP contribution in [0.2, 0.25) is 5.02 Å². The average Bonchev–Trinajstić information content (AvgIpc) is 2.77. The van der Waals surface area contributed by atoms with Crippen molar-refractivity contribution in [3.05, 3.63) is 51.4 Å². The van der Waals surface area contributed by atoms with E-state index in [1.807, 2.05) is 37.8 Å². The van der Waals surface area contributed by atoms with Crippen molar-refractivity contribution < 1.29 is 9.32 Å². The number of benzene rings is 1. The maximum atomic E-state index is 12.9. The van der Waals surface area contributed by atoms with Crippen LogP contribution in [0.3, 0.4) is 0 Å². The summed E-state index contributed by atoms with van der Waals surface area (Å²) in [7, 11) is 0. The molecule has 0 bridgehead atoms. The van der Waals surface area contributed by atoms with Gasteiger partial charge in [-0.25, -0.2) is 0 Å². The number of rotatable bonds is 3. The first-order chi connectivity index (χ1) is 12.0. The Morgan fingerprint density at radius 1 is 1.20 bits per heavy atom. The number of halogens is 1. The van der Waals surface area contributed by atoms with Gasteiger partial charge in [-0.05, 0) is 51.0 Å². The summed E-state index contributed by atoms with van der Waals surface area (Å²) in [6.45, 7) is 10.00. The maximum Gasteiger partial charge on any atom is 0.254 e. The van der Waals surface area contributed by atoms with Gasteiger partial charge in [0.1, 0.15) is 5.76 Å². The van der Waals surface area contributed by atoms with Gasteiger partial charge >= 0.3 is 0 Å². The summed E-state index contributed by atoms with van der Waals surface area (Å²) in [4.78, 5) is 17.2. The molecule has 6 heteroatoms. The predicted octanol–water partition coefficient (Wildman–Crippen LogP) is 3.60. The standard InChI is InChI=1S/C19H24ClN3O2/c1-13-11-16(20)5-6-17(13)19(24)23-8-4-7-22(9-10-23)12-18-14(2)21-25-15(18)3/h5-6,11H,4,7-10,12H2,1-3H3. The number of carbonyl (C=O) groups is 1. The lowest BCUT2D eigenvalue weighted by Crippen LogP contribution is -2.35. The molecule has 0 unspecified atom stereocenters. The summed E-state index contributed by atoms with van der Waals surface area (Å²) in [6, 6.07) is 5.45. The van der Waals surface area contributed by atoms with Gasteiger partial charge in [0.25, 0.3) is 5.91 Å². The van der Waals surface area contributed by atoms with Gasteiger partial charge in [0.15, 0.2) is 0 Å². The molecule has 1 aliphatic rings. The van der Waals surface area contributed by atoms with Crippen LogP contribution in [-0.4, -0.2) is 47.0 Å². The number of hydrogen-bond donors (Lipinski definition) is 0. The second kappa shape index (κ2) is 7.58. The molecule has 1 amide bonds. The van der Waals surface area contributed by atoms with Gasteiger partial charge in [-0.2, -0.15) is 0 Å². The fourth-order valence-corrected chi connectivity index (χ4v) is 3.55. The Hall–Kier alpha value is -1.85. The minimum Gasteiger partial charge on any atom is -0.361 e. The average molecular weight is 362 g/mol. The molecule has 3 rings (SSSR count). The Bertz CT molecular complexity index is 753. The lowest BCUT2D eigenvalue weighted by Gasteiger charge is -2.22. The summed E-state index contributed by atoms with van der Waals surface area (Å²) in [6.07, 6.45) is 0.960. The van der Waals surface area contributed by atoms with E-state index >= 15 is 0 Å². The van der Waals surface area contributed by atoms with E-state index < -0.39 is 0 Å². The van der Waals surface area contributed by atoms with Gasteiger partial charge in [-0.15, -0.1) is 0 Å². The molecule has 2 heterocycles.